The Kier molecular flexibility index (Phi) is 6.82. The molecule has 2 heterocycles. The first-order valence-corrected chi connectivity index (χ1v) is 12.2. The molecule has 0 spiro atoms. The lowest BCUT2D eigenvalue weighted by Gasteiger charge is -2.48. The maximum Gasteiger partial charge on any atom is 0.417 e. The molecule has 2 atom stereocenters. The van der Waals surface area contributed by atoms with E-state index in [1.807, 2.05) is 0 Å². The van der Waals surface area contributed by atoms with Crippen molar-refractivity contribution in [2.75, 3.05) is 12.0 Å². The molecule has 1 aliphatic heterocycles. The van der Waals surface area contributed by atoms with Crippen molar-refractivity contribution in [3.05, 3.63) is 113 Å². The number of halogens is 4. The molecule has 3 aromatic carbocycles. The van der Waals surface area contributed by atoms with Crippen LogP contribution in [0.15, 0.2) is 91.3 Å². The largest absolute Gasteiger partial charge is 0.497 e. The van der Waals surface area contributed by atoms with E-state index < -0.39 is 29.6 Å². The molecule has 0 radical (unpaired) electrons. The fraction of sp³-hybridized carbons (Fsp3) is 0.179. The van der Waals surface area contributed by atoms with Crippen LogP contribution in [-0.4, -0.2) is 35.0 Å². The topological polar surface area (TPSA) is 76.5 Å². The van der Waals surface area contributed by atoms with Crippen LogP contribution in [0.3, 0.4) is 0 Å². The average molecular weight is 555 g/mol. The van der Waals surface area contributed by atoms with E-state index in [2.05, 4.69) is 10.4 Å². The Bertz CT molecular complexity index is 1490. The minimum atomic E-state index is -5.13. The summed E-state index contributed by atoms with van der Waals surface area (Å²) in [6.45, 7) is -0.0402. The number of anilines is 1. The molecule has 1 aromatic heterocycles. The number of hydrogen-bond donors (Lipinski definition) is 1. The average Bonchev–Trinajstić information content (AvgIpc) is 3.46. The third-order valence-electron chi connectivity index (χ3n) is 6.71. The van der Waals surface area contributed by atoms with Crippen molar-refractivity contribution in [2.45, 2.75) is 24.2 Å². The molecular formula is C28H22ClF3N4O3. The molecule has 200 valence electrons. The molecule has 4 aromatic rings. The van der Waals surface area contributed by atoms with Crippen LogP contribution in [0.2, 0.25) is 5.02 Å². The van der Waals surface area contributed by atoms with Gasteiger partial charge in [0, 0.05) is 23.0 Å². The van der Waals surface area contributed by atoms with E-state index in [0.717, 1.165) is 10.7 Å². The van der Waals surface area contributed by atoms with Gasteiger partial charge in [0.25, 0.3) is 5.91 Å². The Balaban J connectivity index is 1.73. The van der Waals surface area contributed by atoms with Crippen molar-refractivity contribution in [3.63, 3.8) is 0 Å². The van der Waals surface area contributed by atoms with Crippen LogP contribution in [-0.2, 0) is 12.1 Å². The highest BCUT2D eigenvalue weighted by Crippen LogP contribution is 2.54. The number of methoxy groups -OCH3 is 1. The third-order valence-corrected chi connectivity index (χ3v) is 6.95. The highest BCUT2D eigenvalue weighted by atomic mass is 35.5. The Morgan fingerprint density at radius 3 is 2.41 bits per heavy atom. The van der Waals surface area contributed by atoms with E-state index in [4.69, 9.17) is 16.3 Å². The van der Waals surface area contributed by atoms with E-state index in [1.54, 1.807) is 30.3 Å². The number of benzene rings is 3. The lowest BCUT2D eigenvalue weighted by Crippen LogP contribution is -2.66. The Labute approximate surface area is 226 Å². The standard InChI is InChI=1S/C28H22ClF3N4O3/c1-39-21-11-8-18(9-12-21)17-35-23-13-10-20(29)16-22(23)27(28(30,31)32,34-26(35)38)24(19-6-3-2-4-7-19)25(37)36-15-5-14-33-36/h2-16,24H,17H2,1H3,(H,34,38)/t24-,27-/m1/s1. The minimum absolute atomic E-state index is 0.0151. The summed E-state index contributed by atoms with van der Waals surface area (Å²) in [5, 5.41) is 6.11. The lowest BCUT2D eigenvalue weighted by molar-refractivity contribution is -0.202. The third kappa shape index (κ3) is 4.61. The number of fused-ring (bicyclic) bond motifs is 1. The van der Waals surface area contributed by atoms with Gasteiger partial charge < -0.3 is 10.1 Å². The molecule has 0 saturated carbocycles. The maximum absolute atomic E-state index is 15.5. The summed E-state index contributed by atoms with van der Waals surface area (Å²) in [5.74, 6) is -2.31. The molecule has 0 aliphatic carbocycles. The van der Waals surface area contributed by atoms with Gasteiger partial charge in [-0.15, -0.1) is 0 Å². The van der Waals surface area contributed by atoms with Gasteiger partial charge in [-0.25, -0.2) is 9.48 Å². The van der Waals surface area contributed by atoms with Gasteiger partial charge in [0.1, 0.15) is 11.7 Å². The number of ether oxygens (including phenoxy) is 1. The molecule has 0 bridgehead atoms. The second-order valence-corrected chi connectivity index (χ2v) is 9.40. The minimum Gasteiger partial charge on any atom is -0.497 e. The van der Waals surface area contributed by atoms with E-state index in [9.17, 15) is 9.59 Å². The molecule has 7 nitrogen and oxygen atoms in total. The maximum atomic E-state index is 15.5. The van der Waals surface area contributed by atoms with Crippen molar-refractivity contribution in [1.82, 2.24) is 15.1 Å². The fourth-order valence-corrected chi connectivity index (χ4v) is 5.08. The Hall–Kier alpha value is -4.31. The first kappa shape index (κ1) is 26.3. The molecule has 2 amide bonds. The van der Waals surface area contributed by atoms with Crippen LogP contribution in [0.5, 0.6) is 5.75 Å². The van der Waals surface area contributed by atoms with Gasteiger partial charge in [0.05, 0.1) is 19.3 Å². The van der Waals surface area contributed by atoms with Crippen LogP contribution in [0, 0.1) is 0 Å². The lowest BCUT2D eigenvalue weighted by atomic mass is 9.71. The second kappa shape index (κ2) is 10.1. The Morgan fingerprint density at radius 2 is 1.79 bits per heavy atom. The Morgan fingerprint density at radius 1 is 1.08 bits per heavy atom. The second-order valence-electron chi connectivity index (χ2n) is 8.96. The highest BCUT2D eigenvalue weighted by Gasteiger charge is 2.67. The number of amides is 2. The van der Waals surface area contributed by atoms with E-state index in [1.165, 1.54) is 66.9 Å². The molecule has 11 heteroatoms. The van der Waals surface area contributed by atoms with Gasteiger partial charge in [-0.1, -0.05) is 54.1 Å². The van der Waals surface area contributed by atoms with Gasteiger partial charge in [-0.05, 0) is 47.5 Å². The summed E-state index contributed by atoms with van der Waals surface area (Å²) in [7, 11) is 1.51. The number of urea groups is 1. The van der Waals surface area contributed by atoms with E-state index in [-0.39, 0.29) is 28.4 Å². The number of hydrogen-bond acceptors (Lipinski definition) is 4. The zero-order valence-corrected chi connectivity index (χ0v) is 21.3. The van der Waals surface area contributed by atoms with Crippen molar-refractivity contribution < 1.29 is 27.5 Å². The zero-order valence-electron chi connectivity index (χ0n) is 20.5. The molecule has 5 rings (SSSR count). The van der Waals surface area contributed by atoms with Crippen molar-refractivity contribution in [3.8, 4) is 5.75 Å². The molecule has 0 saturated heterocycles. The van der Waals surface area contributed by atoms with Gasteiger partial charge >= 0.3 is 12.2 Å². The van der Waals surface area contributed by atoms with Crippen LogP contribution in [0.4, 0.5) is 23.7 Å². The summed E-state index contributed by atoms with van der Waals surface area (Å²) >= 11 is 6.25. The summed E-state index contributed by atoms with van der Waals surface area (Å²) in [6.07, 6.45) is -2.57. The molecule has 0 unspecified atom stereocenters. The smallest absolute Gasteiger partial charge is 0.417 e. The van der Waals surface area contributed by atoms with Crippen molar-refractivity contribution in [1.29, 1.82) is 0 Å². The first-order valence-electron chi connectivity index (χ1n) is 11.8. The van der Waals surface area contributed by atoms with E-state index >= 15 is 13.2 Å². The highest BCUT2D eigenvalue weighted by molar-refractivity contribution is 6.30. The normalized spacial score (nSPS) is 17.8. The van der Waals surface area contributed by atoms with Crippen LogP contribution < -0.4 is 15.0 Å². The van der Waals surface area contributed by atoms with E-state index in [0.29, 0.717) is 11.3 Å². The predicted octanol–water partition coefficient (Wildman–Crippen LogP) is 6.16. The quantitative estimate of drug-likeness (QED) is 0.310. The van der Waals surface area contributed by atoms with Gasteiger partial charge in [-0.2, -0.15) is 18.3 Å². The number of nitrogens with one attached hydrogen (secondary N) is 1. The number of alkyl halides is 3. The molecule has 1 N–H and O–H groups in total. The van der Waals surface area contributed by atoms with Crippen LogP contribution >= 0.6 is 11.6 Å². The molecule has 39 heavy (non-hydrogen) atoms. The summed E-state index contributed by atoms with van der Waals surface area (Å²) in [4.78, 5) is 28.6. The number of nitrogens with zero attached hydrogens (tertiary/aromatic N) is 3. The summed E-state index contributed by atoms with van der Waals surface area (Å²) in [5.41, 5.74) is -2.84. The number of rotatable bonds is 6. The monoisotopic (exact) mass is 554 g/mol. The van der Waals surface area contributed by atoms with Crippen molar-refractivity contribution in [2.24, 2.45) is 0 Å². The number of carbonyl (C=O) groups excluding carboxylic acids is 2. The summed E-state index contributed by atoms with van der Waals surface area (Å²) in [6, 6.07) is 18.6. The molecule has 0 fully saturated rings. The first-order chi connectivity index (χ1) is 18.7. The van der Waals surface area contributed by atoms with Gasteiger partial charge in [-0.3, -0.25) is 9.69 Å². The van der Waals surface area contributed by atoms with Gasteiger partial charge in [0.15, 0.2) is 5.54 Å². The zero-order chi connectivity index (χ0) is 27.8. The van der Waals surface area contributed by atoms with Gasteiger partial charge in [0.2, 0.25) is 0 Å². The fourth-order valence-electron chi connectivity index (χ4n) is 4.91. The van der Waals surface area contributed by atoms with Crippen molar-refractivity contribution >= 4 is 29.2 Å². The number of aromatic nitrogens is 2. The van der Waals surface area contributed by atoms with Crippen LogP contribution in [0.25, 0.3) is 0 Å². The summed E-state index contributed by atoms with van der Waals surface area (Å²) < 4.78 is 52.5. The predicted molar refractivity (Wildman–Crippen MR) is 139 cm³/mol. The molecular weight excluding hydrogens is 533 g/mol. The SMILES string of the molecule is COc1ccc(CN2C(=O)N[C@]([C@@H](C(=O)n3cccn3)c3ccccc3)(C(F)(F)F)c3cc(Cl)ccc32)cc1. The molecule has 1 aliphatic rings. The van der Waals surface area contributed by atoms with Crippen LogP contribution in [0.1, 0.15) is 27.4 Å². The number of carbonyl (C=O) groups is 2.